The van der Waals surface area contributed by atoms with E-state index in [1.807, 2.05) is 0 Å². The molecule has 1 aliphatic heterocycles. The third-order valence-electron chi connectivity index (χ3n) is 2.09. The van der Waals surface area contributed by atoms with Gasteiger partial charge in [0.25, 0.3) is 0 Å². The van der Waals surface area contributed by atoms with Crippen LogP contribution in [-0.2, 0) is 0 Å². The van der Waals surface area contributed by atoms with Gasteiger partial charge in [-0.3, -0.25) is 9.48 Å². The van der Waals surface area contributed by atoms with Crippen molar-refractivity contribution in [3.8, 4) is 0 Å². The first kappa shape index (κ1) is 13.3. The Hall–Kier alpha value is -0.745. The van der Waals surface area contributed by atoms with Crippen molar-refractivity contribution < 1.29 is 21.8 Å². The molecule has 7 heteroatoms. The van der Waals surface area contributed by atoms with Gasteiger partial charge < -0.3 is 17.3 Å². The number of rotatable bonds is 0. The Kier molecular flexibility index (Phi) is 4.94. The summed E-state index contributed by atoms with van der Waals surface area (Å²) >= 11 is 0. The van der Waals surface area contributed by atoms with E-state index in [2.05, 4.69) is 30.5 Å². The van der Waals surface area contributed by atoms with Crippen molar-refractivity contribution in [2.24, 2.45) is 0 Å². The van der Waals surface area contributed by atoms with Gasteiger partial charge in [0.1, 0.15) is 0 Å². The summed E-state index contributed by atoms with van der Waals surface area (Å²) in [6.45, 7) is 4.60. The zero-order chi connectivity index (χ0) is 11.4. The Labute approximate surface area is 81.3 Å². The number of hydrogen-bond acceptors (Lipinski definition) is 1. The Morgan fingerprint density at radius 2 is 1.71 bits per heavy atom. The molecule has 0 fully saturated rings. The van der Waals surface area contributed by atoms with Gasteiger partial charge in [0.2, 0.25) is 5.84 Å². The third kappa shape index (κ3) is 6.74. The van der Waals surface area contributed by atoms with Crippen LogP contribution < -0.4 is 0 Å². The molecular formula is C7H15BF4N2. The molecule has 0 N–H and O–H groups in total. The maximum atomic E-state index is 9.75. The first-order chi connectivity index (χ1) is 6.22. The summed E-state index contributed by atoms with van der Waals surface area (Å²) in [7, 11) is -1.71. The molecule has 0 unspecified atom stereocenters. The summed E-state index contributed by atoms with van der Waals surface area (Å²) in [5.74, 6) is 1.39. The zero-order valence-electron chi connectivity index (χ0n) is 8.60. The van der Waals surface area contributed by atoms with E-state index < -0.39 is 7.25 Å². The predicted octanol–water partition coefficient (Wildman–Crippen LogP) is 1.68. The lowest BCUT2D eigenvalue weighted by Gasteiger charge is -2.19. The minimum atomic E-state index is -6.00. The largest absolute Gasteiger partial charge is 0.673 e. The second-order valence-electron chi connectivity index (χ2n) is 3.24. The fourth-order valence-electron chi connectivity index (χ4n) is 1.16. The standard InChI is InChI=1S/C7H15N2.BF4/c1-7-8(2)5-4-6-9(7)3;2-1(3,4)5/h4-6H2,1-3H3;/q+1;-1. The Balaban J connectivity index is 0.000000292. The molecule has 1 aliphatic rings. The zero-order valence-corrected chi connectivity index (χ0v) is 8.60. The molecule has 0 atom stereocenters. The van der Waals surface area contributed by atoms with Gasteiger partial charge in [0.05, 0.1) is 27.2 Å². The lowest BCUT2D eigenvalue weighted by Crippen LogP contribution is -2.38. The Morgan fingerprint density at radius 3 is 2.00 bits per heavy atom. The average Bonchev–Trinajstić information content (AvgIpc) is 1.97. The van der Waals surface area contributed by atoms with Crippen LogP contribution in [0, 0.1) is 0 Å². The molecule has 0 saturated heterocycles. The SMILES string of the molecule is CC1=[N+](C)CCCN1C.F[B-](F)(F)F. The van der Waals surface area contributed by atoms with E-state index in [1.165, 1.54) is 25.3 Å². The molecule has 0 spiro atoms. The fourth-order valence-corrected chi connectivity index (χ4v) is 1.16. The summed E-state index contributed by atoms with van der Waals surface area (Å²) in [6.07, 6.45) is 1.30. The molecule has 0 bridgehead atoms. The van der Waals surface area contributed by atoms with Crippen molar-refractivity contribution in [3.05, 3.63) is 0 Å². The molecule has 2 nitrogen and oxygen atoms in total. The van der Waals surface area contributed by atoms with E-state index in [9.17, 15) is 17.3 Å². The van der Waals surface area contributed by atoms with Gasteiger partial charge in [-0.05, 0) is 0 Å². The van der Waals surface area contributed by atoms with E-state index in [4.69, 9.17) is 0 Å². The number of amidine groups is 1. The lowest BCUT2D eigenvalue weighted by molar-refractivity contribution is -0.508. The third-order valence-corrected chi connectivity index (χ3v) is 2.09. The van der Waals surface area contributed by atoms with E-state index in [0.717, 1.165) is 0 Å². The number of nitrogens with zero attached hydrogens (tertiary/aromatic N) is 2. The molecule has 0 aromatic rings. The van der Waals surface area contributed by atoms with Crippen LogP contribution in [0.25, 0.3) is 0 Å². The highest BCUT2D eigenvalue weighted by Crippen LogP contribution is 2.06. The van der Waals surface area contributed by atoms with Gasteiger partial charge in [-0.15, -0.1) is 0 Å². The molecule has 1 rings (SSSR count). The van der Waals surface area contributed by atoms with Gasteiger partial charge >= 0.3 is 7.25 Å². The van der Waals surface area contributed by atoms with E-state index >= 15 is 0 Å². The first-order valence-electron chi connectivity index (χ1n) is 4.35. The molecule has 0 aliphatic carbocycles. The van der Waals surface area contributed by atoms with Crippen molar-refractivity contribution >= 4 is 13.1 Å². The van der Waals surface area contributed by atoms with Gasteiger partial charge in [-0.1, -0.05) is 0 Å². The first-order valence-corrected chi connectivity index (χ1v) is 4.35. The fraction of sp³-hybridized carbons (Fsp3) is 0.857. The quantitative estimate of drug-likeness (QED) is 0.337. The molecule has 84 valence electrons. The van der Waals surface area contributed by atoms with Crippen LogP contribution in [0.3, 0.4) is 0 Å². The average molecular weight is 214 g/mol. The molecule has 14 heavy (non-hydrogen) atoms. The minimum Gasteiger partial charge on any atom is -0.418 e. The highest BCUT2D eigenvalue weighted by molar-refractivity contribution is 6.50. The minimum absolute atomic E-state index is 1.22. The highest BCUT2D eigenvalue weighted by atomic mass is 19.5. The number of hydrogen-bond donors (Lipinski definition) is 0. The van der Waals surface area contributed by atoms with E-state index in [0.29, 0.717) is 0 Å². The lowest BCUT2D eigenvalue weighted by atomic mass is 10.3. The Bertz CT molecular complexity index is 208. The van der Waals surface area contributed by atoms with Crippen LogP contribution in [0.1, 0.15) is 13.3 Å². The highest BCUT2D eigenvalue weighted by Gasteiger charge is 2.20. The molecule has 0 aromatic heterocycles. The molecule has 0 saturated carbocycles. The van der Waals surface area contributed by atoms with Crippen molar-refractivity contribution in [2.45, 2.75) is 13.3 Å². The maximum absolute atomic E-state index is 9.75. The van der Waals surface area contributed by atoms with Gasteiger partial charge in [0.15, 0.2) is 0 Å². The Morgan fingerprint density at radius 1 is 1.29 bits per heavy atom. The molecular weight excluding hydrogens is 199 g/mol. The monoisotopic (exact) mass is 214 g/mol. The summed E-state index contributed by atoms with van der Waals surface area (Å²) in [6, 6.07) is 0. The summed E-state index contributed by atoms with van der Waals surface area (Å²) in [5.41, 5.74) is 0. The van der Waals surface area contributed by atoms with Crippen molar-refractivity contribution in [2.75, 3.05) is 27.2 Å². The van der Waals surface area contributed by atoms with Crippen LogP contribution in [0.15, 0.2) is 0 Å². The smallest absolute Gasteiger partial charge is 0.418 e. The van der Waals surface area contributed by atoms with Crippen LogP contribution in [0.2, 0.25) is 0 Å². The summed E-state index contributed by atoms with van der Waals surface area (Å²) in [4.78, 5) is 2.30. The van der Waals surface area contributed by atoms with E-state index in [1.54, 1.807) is 0 Å². The summed E-state index contributed by atoms with van der Waals surface area (Å²) in [5, 5.41) is 0. The van der Waals surface area contributed by atoms with Gasteiger partial charge in [-0.25, -0.2) is 0 Å². The second-order valence-corrected chi connectivity index (χ2v) is 3.24. The maximum Gasteiger partial charge on any atom is 0.673 e. The van der Waals surface area contributed by atoms with Crippen LogP contribution in [0.5, 0.6) is 0 Å². The summed E-state index contributed by atoms with van der Waals surface area (Å²) < 4.78 is 41.3. The predicted molar refractivity (Wildman–Crippen MR) is 49.2 cm³/mol. The van der Waals surface area contributed by atoms with Gasteiger partial charge in [-0.2, -0.15) is 0 Å². The molecule has 0 amide bonds. The van der Waals surface area contributed by atoms with Crippen LogP contribution >= 0.6 is 0 Å². The van der Waals surface area contributed by atoms with Crippen molar-refractivity contribution in [3.63, 3.8) is 0 Å². The van der Waals surface area contributed by atoms with Gasteiger partial charge in [0, 0.05) is 13.3 Å². The van der Waals surface area contributed by atoms with Crippen molar-refractivity contribution in [1.82, 2.24) is 4.90 Å². The molecule has 0 aromatic carbocycles. The van der Waals surface area contributed by atoms with Crippen LogP contribution in [-0.4, -0.2) is 49.8 Å². The topological polar surface area (TPSA) is 6.25 Å². The normalized spacial score (nSPS) is 17.8. The molecule has 0 radical (unpaired) electrons. The van der Waals surface area contributed by atoms with Crippen LogP contribution in [0.4, 0.5) is 17.3 Å². The second kappa shape index (κ2) is 5.21. The van der Waals surface area contributed by atoms with Crippen molar-refractivity contribution in [1.29, 1.82) is 0 Å². The molecule has 1 heterocycles. The number of halogens is 4. The van der Waals surface area contributed by atoms with E-state index in [-0.39, 0.29) is 0 Å².